The molecule has 1 aliphatic rings. The van der Waals surface area contributed by atoms with Gasteiger partial charge in [0, 0.05) is 0 Å². The Morgan fingerprint density at radius 2 is 1.90 bits per heavy atom. The van der Waals surface area contributed by atoms with Gasteiger partial charge in [0.05, 0.1) is 29.3 Å². The van der Waals surface area contributed by atoms with Gasteiger partial charge in [0.15, 0.2) is 0 Å². The Kier molecular flexibility index (Phi) is 5.86. The monoisotopic (exact) mass is 423 g/mol. The number of benzene rings is 1. The van der Waals surface area contributed by atoms with Gasteiger partial charge in [-0.2, -0.15) is 13.2 Å². The molecule has 0 fully saturated rings. The highest BCUT2D eigenvalue weighted by Gasteiger charge is 2.34. The number of carbonyl (C=O) groups is 1. The SMILES string of the molecule is Cc1nc(CC(=O)O)c(C2OC=CO2)c(N[C@H](C)c2cccc(C(F)(F)F)c2C)n1. The third kappa shape index (κ3) is 4.47. The minimum Gasteiger partial charge on any atom is -0.481 e. The van der Waals surface area contributed by atoms with Gasteiger partial charge in [0.25, 0.3) is 6.29 Å². The zero-order chi connectivity index (χ0) is 22.1. The molecule has 7 nitrogen and oxygen atoms in total. The Labute approximate surface area is 170 Å². The largest absolute Gasteiger partial charge is 0.481 e. The number of ether oxygens (including phenoxy) is 2. The number of rotatable bonds is 6. The summed E-state index contributed by atoms with van der Waals surface area (Å²) < 4.78 is 50.5. The number of hydrogen-bond acceptors (Lipinski definition) is 6. The Balaban J connectivity index is 2.02. The molecule has 0 unspecified atom stereocenters. The Hall–Kier alpha value is -3.30. The lowest BCUT2D eigenvalue weighted by Crippen LogP contribution is -2.19. The third-order valence-corrected chi connectivity index (χ3v) is 4.65. The molecule has 0 spiro atoms. The molecule has 1 aliphatic heterocycles. The maximum atomic E-state index is 13.3. The fourth-order valence-electron chi connectivity index (χ4n) is 3.36. The number of halogens is 3. The Morgan fingerprint density at radius 1 is 1.23 bits per heavy atom. The van der Waals surface area contributed by atoms with Crippen molar-refractivity contribution in [1.29, 1.82) is 0 Å². The fourth-order valence-corrected chi connectivity index (χ4v) is 3.36. The molecule has 1 aromatic heterocycles. The molecule has 3 rings (SSSR count). The first-order valence-corrected chi connectivity index (χ1v) is 9.06. The molecule has 0 bridgehead atoms. The van der Waals surface area contributed by atoms with Crippen LogP contribution in [0.3, 0.4) is 0 Å². The third-order valence-electron chi connectivity index (χ3n) is 4.65. The predicted molar refractivity (Wildman–Crippen MR) is 100 cm³/mol. The van der Waals surface area contributed by atoms with E-state index in [0.717, 1.165) is 6.07 Å². The van der Waals surface area contributed by atoms with E-state index in [9.17, 15) is 23.1 Å². The number of aliphatic carboxylic acids is 1. The van der Waals surface area contributed by atoms with Crippen molar-refractivity contribution in [3.8, 4) is 0 Å². The van der Waals surface area contributed by atoms with Crippen LogP contribution in [0, 0.1) is 13.8 Å². The second-order valence-electron chi connectivity index (χ2n) is 6.81. The smallest absolute Gasteiger partial charge is 0.416 e. The molecule has 0 aliphatic carbocycles. The van der Waals surface area contributed by atoms with Crippen molar-refractivity contribution in [2.24, 2.45) is 0 Å². The lowest BCUT2D eigenvalue weighted by molar-refractivity contribution is -0.138. The van der Waals surface area contributed by atoms with Gasteiger partial charge in [-0.3, -0.25) is 4.79 Å². The number of nitrogens with zero attached hydrogens (tertiary/aromatic N) is 2. The summed E-state index contributed by atoms with van der Waals surface area (Å²) >= 11 is 0. The first-order valence-electron chi connectivity index (χ1n) is 9.06. The second kappa shape index (κ2) is 8.21. The van der Waals surface area contributed by atoms with E-state index >= 15 is 0 Å². The van der Waals surface area contributed by atoms with Gasteiger partial charge in [0.1, 0.15) is 24.2 Å². The Bertz CT molecular complexity index is 984. The van der Waals surface area contributed by atoms with Crippen molar-refractivity contribution in [2.45, 2.75) is 45.7 Å². The molecule has 10 heteroatoms. The first-order chi connectivity index (χ1) is 14.1. The van der Waals surface area contributed by atoms with E-state index in [2.05, 4.69) is 15.3 Å². The highest BCUT2D eigenvalue weighted by Crippen LogP contribution is 2.37. The lowest BCUT2D eigenvalue weighted by atomic mass is 9.97. The second-order valence-corrected chi connectivity index (χ2v) is 6.81. The van der Waals surface area contributed by atoms with Gasteiger partial charge in [-0.1, -0.05) is 12.1 Å². The topological polar surface area (TPSA) is 93.6 Å². The molecule has 1 atom stereocenters. The average Bonchev–Trinajstić information content (AvgIpc) is 3.14. The number of hydrogen-bond donors (Lipinski definition) is 2. The molecule has 2 heterocycles. The summed E-state index contributed by atoms with van der Waals surface area (Å²) in [5, 5.41) is 12.3. The number of carboxylic acids is 1. The standard InChI is InChI=1S/C20H20F3N3O4/c1-10-13(5-4-6-14(10)20(21,22)23)11(2)24-18-17(19-29-7-8-30-19)15(9-16(27)28)25-12(3)26-18/h4-8,11,19H,9H2,1-3H3,(H,27,28)(H,24,25,26)/t11-/m1/s1. The van der Waals surface area contributed by atoms with E-state index in [1.54, 1.807) is 19.9 Å². The van der Waals surface area contributed by atoms with E-state index in [4.69, 9.17) is 9.47 Å². The van der Waals surface area contributed by atoms with Crippen molar-refractivity contribution in [2.75, 3.05) is 5.32 Å². The lowest BCUT2D eigenvalue weighted by Gasteiger charge is -2.24. The highest BCUT2D eigenvalue weighted by atomic mass is 19.4. The number of nitrogens with one attached hydrogen (secondary N) is 1. The van der Waals surface area contributed by atoms with Crippen molar-refractivity contribution in [3.63, 3.8) is 0 Å². The number of anilines is 1. The fraction of sp³-hybridized carbons (Fsp3) is 0.350. The summed E-state index contributed by atoms with van der Waals surface area (Å²) in [4.78, 5) is 19.8. The Morgan fingerprint density at radius 3 is 2.50 bits per heavy atom. The van der Waals surface area contributed by atoms with Gasteiger partial charge in [0.2, 0.25) is 0 Å². The van der Waals surface area contributed by atoms with Gasteiger partial charge >= 0.3 is 12.1 Å². The van der Waals surface area contributed by atoms with Crippen LogP contribution in [0.5, 0.6) is 0 Å². The predicted octanol–water partition coefficient (Wildman–Crippen LogP) is 4.43. The number of alkyl halides is 3. The van der Waals surface area contributed by atoms with Crippen LogP contribution < -0.4 is 5.32 Å². The van der Waals surface area contributed by atoms with Crippen molar-refractivity contribution >= 4 is 11.8 Å². The minimum atomic E-state index is -4.47. The average molecular weight is 423 g/mol. The van der Waals surface area contributed by atoms with Crippen molar-refractivity contribution in [3.05, 3.63) is 64.5 Å². The van der Waals surface area contributed by atoms with Gasteiger partial charge in [-0.15, -0.1) is 0 Å². The van der Waals surface area contributed by atoms with Crippen LogP contribution in [-0.2, 0) is 26.9 Å². The molecular formula is C20H20F3N3O4. The zero-order valence-electron chi connectivity index (χ0n) is 16.4. The van der Waals surface area contributed by atoms with Crippen LogP contribution in [0.25, 0.3) is 0 Å². The molecule has 0 amide bonds. The van der Waals surface area contributed by atoms with Crippen LogP contribution in [0.1, 0.15) is 53.0 Å². The van der Waals surface area contributed by atoms with E-state index in [1.807, 2.05) is 0 Å². The van der Waals surface area contributed by atoms with Crippen LogP contribution in [0.2, 0.25) is 0 Å². The van der Waals surface area contributed by atoms with Crippen molar-refractivity contribution < 1.29 is 32.5 Å². The van der Waals surface area contributed by atoms with Gasteiger partial charge < -0.3 is 19.9 Å². The molecule has 1 aromatic carbocycles. The van der Waals surface area contributed by atoms with Crippen LogP contribution in [-0.4, -0.2) is 21.0 Å². The summed E-state index contributed by atoms with van der Waals surface area (Å²) in [7, 11) is 0. The summed E-state index contributed by atoms with van der Waals surface area (Å²) in [5.74, 6) is -0.568. The summed E-state index contributed by atoms with van der Waals surface area (Å²) in [6, 6.07) is 3.40. The molecule has 0 saturated heterocycles. The maximum absolute atomic E-state index is 13.3. The molecule has 160 valence electrons. The van der Waals surface area contributed by atoms with E-state index < -0.39 is 36.5 Å². The van der Waals surface area contributed by atoms with Gasteiger partial charge in [-0.05, 0) is 38.0 Å². The van der Waals surface area contributed by atoms with E-state index in [1.165, 1.54) is 25.5 Å². The normalized spacial score (nSPS) is 14.9. The molecule has 0 radical (unpaired) electrons. The molecule has 30 heavy (non-hydrogen) atoms. The zero-order valence-corrected chi connectivity index (χ0v) is 16.4. The van der Waals surface area contributed by atoms with Gasteiger partial charge in [-0.25, -0.2) is 9.97 Å². The number of aryl methyl sites for hydroxylation is 1. The summed E-state index contributed by atoms with van der Waals surface area (Å²) in [6.45, 7) is 4.69. The number of carboxylic acid groups (broad SMARTS) is 1. The van der Waals surface area contributed by atoms with E-state index in [-0.39, 0.29) is 22.6 Å². The maximum Gasteiger partial charge on any atom is 0.416 e. The minimum absolute atomic E-state index is 0.0955. The molecule has 0 saturated carbocycles. The molecule has 2 aromatic rings. The summed E-state index contributed by atoms with van der Waals surface area (Å²) in [6.07, 6.45) is -3.22. The van der Waals surface area contributed by atoms with E-state index in [0.29, 0.717) is 11.4 Å². The van der Waals surface area contributed by atoms with Crippen molar-refractivity contribution in [1.82, 2.24) is 9.97 Å². The summed E-state index contributed by atoms with van der Waals surface area (Å²) in [5.41, 5.74) is 0.283. The number of aromatic nitrogens is 2. The van der Waals surface area contributed by atoms with Crippen LogP contribution in [0.15, 0.2) is 30.7 Å². The molecule has 2 N–H and O–H groups in total. The quantitative estimate of drug-likeness (QED) is 0.710. The highest BCUT2D eigenvalue weighted by molar-refractivity contribution is 5.71. The van der Waals surface area contributed by atoms with Crippen LogP contribution >= 0.6 is 0 Å². The first kappa shape index (κ1) is 21.4. The van der Waals surface area contributed by atoms with Crippen LogP contribution in [0.4, 0.5) is 19.0 Å². The molecular weight excluding hydrogens is 403 g/mol.